The van der Waals surface area contributed by atoms with Gasteiger partial charge in [0.2, 0.25) is 5.91 Å². The minimum atomic E-state index is -2.91. The highest BCUT2D eigenvalue weighted by Gasteiger charge is 2.50. The summed E-state index contributed by atoms with van der Waals surface area (Å²) >= 11 is 3.38. The second-order valence-corrected chi connectivity index (χ2v) is 7.58. The molecule has 2 aromatic rings. The first-order valence-corrected chi connectivity index (χ1v) is 9.69. The maximum Gasteiger partial charge on any atom is 0.387 e. The average Bonchev–Trinajstić information content (AvgIpc) is 2.91. The molecule has 1 aliphatic rings. The third-order valence-electron chi connectivity index (χ3n) is 4.63. The molecular formula is C20H18BrF2N3O4. The Balaban J connectivity index is 1.61. The number of hydrogen-bond acceptors (Lipinski definition) is 4. The summed E-state index contributed by atoms with van der Waals surface area (Å²) in [5, 5.41) is 5.24. The Morgan fingerprint density at radius 3 is 2.50 bits per heavy atom. The van der Waals surface area contributed by atoms with Crippen molar-refractivity contribution in [2.24, 2.45) is 0 Å². The molecule has 2 aromatic carbocycles. The van der Waals surface area contributed by atoms with Crippen LogP contribution in [0.15, 0.2) is 53.0 Å². The molecule has 10 heteroatoms. The smallest absolute Gasteiger partial charge is 0.387 e. The molecule has 0 aliphatic carbocycles. The fourth-order valence-electron chi connectivity index (χ4n) is 3.08. The quantitative estimate of drug-likeness (QED) is 0.594. The van der Waals surface area contributed by atoms with Crippen LogP contribution in [0.5, 0.6) is 5.75 Å². The summed E-state index contributed by atoms with van der Waals surface area (Å²) in [6, 6.07) is 12.1. The van der Waals surface area contributed by atoms with Gasteiger partial charge in [0.1, 0.15) is 17.8 Å². The maximum atomic E-state index is 12.9. The minimum Gasteiger partial charge on any atom is -0.435 e. The van der Waals surface area contributed by atoms with E-state index in [2.05, 4.69) is 31.3 Å². The Hall–Kier alpha value is -3.01. The number of hydrogen-bond donors (Lipinski definition) is 2. The number of carbonyl (C=O) groups excluding carboxylic acids is 3. The highest BCUT2D eigenvalue weighted by Crippen LogP contribution is 2.33. The van der Waals surface area contributed by atoms with E-state index in [9.17, 15) is 23.2 Å². The molecule has 30 heavy (non-hydrogen) atoms. The van der Waals surface area contributed by atoms with Crippen molar-refractivity contribution < 1.29 is 27.9 Å². The first kappa shape index (κ1) is 21.7. The van der Waals surface area contributed by atoms with Crippen LogP contribution in [-0.4, -0.2) is 35.9 Å². The Bertz CT molecular complexity index is 971. The van der Waals surface area contributed by atoms with E-state index in [1.54, 1.807) is 31.2 Å². The lowest BCUT2D eigenvalue weighted by Gasteiger charge is -2.23. The van der Waals surface area contributed by atoms with Crippen LogP contribution < -0.4 is 15.4 Å². The summed E-state index contributed by atoms with van der Waals surface area (Å²) in [6.07, 6.45) is 0. The molecular weight excluding hydrogens is 464 g/mol. The molecule has 158 valence electrons. The Morgan fingerprint density at radius 1 is 1.20 bits per heavy atom. The Labute approximate surface area is 179 Å². The predicted octanol–water partition coefficient (Wildman–Crippen LogP) is 3.13. The van der Waals surface area contributed by atoms with E-state index >= 15 is 0 Å². The van der Waals surface area contributed by atoms with E-state index in [1.807, 2.05) is 0 Å². The lowest BCUT2D eigenvalue weighted by Crippen LogP contribution is -2.43. The van der Waals surface area contributed by atoms with Gasteiger partial charge in [0, 0.05) is 16.6 Å². The molecule has 1 heterocycles. The van der Waals surface area contributed by atoms with Gasteiger partial charge < -0.3 is 15.4 Å². The summed E-state index contributed by atoms with van der Waals surface area (Å²) in [4.78, 5) is 38.4. The lowest BCUT2D eigenvalue weighted by molar-refractivity contribution is -0.134. The van der Waals surface area contributed by atoms with Crippen molar-refractivity contribution in [3.63, 3.8) is 0 Å². The van der Waals surface area contributed by atoms with Crippen molar-refractivity contribution in [3.8, 4) is 5.75 Å². The van der Waals surface area contributed by atoms with Crippen LogP contribution in [0.2, 0.25) is 0 Å². The molecule has 0 aromatic heterocycles. The highest BCUT2D eigenvalue weighted by molar-refractivity contribution is 9.10. The number of amides is 4. The summed E-state index contributed by atoms with van der Waals surface area (Å²) in [5.41, 5.74) is -0.0737. The SMILES string of the molecule is CC1(c2ccccc2Br)NC(=O)N(CC(=O)NCc2ccc(OC(F)F)cc2)C1=O. The molecule has 7 nitrogen and oxygen atoms in total. The van der Waals surface area contributed by atoms with Crippen LogP contribution in [0, 0.1) is 0 Å². The number of imide groups is 1. The average molecular weight is 482 g/mol. The molecule has 0 radical (unpaired) electrons. The van der Waals surface area contributed by atoms with Crippen LogP contribution in [0.25, 0.3) is 0 Å². The number of rotatable bonds is 7. The van der Waals surface area contributed by atoms with E-state index in [1.165, 1.54) is 24.3 Å². The molecule has 1 fully saturated rings. The molecule has 2 N–H and O–H groups in total. The molecule has 1 aliphatic heterocycles. The van der Waals surface area contributed by atoms with Gasteiger partial charge in [0.05, 0.1) is 0 Å². The van der Waals surface area contributed by atoms with Crippen molar-refractivity contribution >= 4 is 33.8 Å². The van der Waals surface area contributed by atoms with Gasteiger partial charge in [-0.25, -0.2) is 4.79 Å². The first-order valence-electron chi connectivity index (χ1n) is 8.90. The summed E-state index contributed by atoms with van der Waals surface area (Å²) in [7, 11) is 0. The van der Waals surface area contributed by atoms with Gasteiger partial charge in [-0.3, -0.25) is 14.5 Å². The minimum absolute atomic E-state index is 0.00534. The zero-order valence-electron chi connectivity index (χ0n) is 15.8. The molecule has 0 bridgehead atoms. The summed E-state index contributed by atoms with van der Waals surface area (Å²) < 4.78 is 29.3. The number of carbonyl (C=O) groups is 3. The highest BCUT2D eigenvalue weighted by atomic mass is 79.9. The standard InChI is InChI=1S/C20H18BrF2N3O4/c1-20(14-4-2-3-5-15(14)21)17(28)26(19(29)25-20)11-16(27)24-10-12-6-8-13(9-7-12)30-18(22)23/h2-9,18H,10-11H2,1H3,(H,24,27)(H,25,29). The molecule has 1 saturated heterocycles. The van der Waals surface area contributed by atoms with E-state index in [0.717, 1.165) is 4.90 Å². The fraction of sp³-hybridized carbons (Fsp3) is 0.250. The maximum absolute atomic E-state index is 12.9. The number of ether oxygens (including phenoxy) is 1. The molecule has 1 atom stereocenters. The summed E-state index contributed by atoms with van der Waals surface area (Å²) in [5.74, 6) is -1.07. The number of nitrogens with one attached hydrogen (secondary N) is 2. The number of urea groups is 1. The fourth-order valence-corrected chi connectivity index (χ4v) is 3.76. The third kappa shape index (κ3) is 4.59. The Morgan fingerprint density at radius 2 is 1.87 bits per heavy atom. The van der Waals surface area contributed by atoms with Gasteiger partial charge in [-0.1, -0.05) is 46.3 Å². The number of alkyl halides is 2. The molecule has 0 saturated carbocycles. The largest absolute Gasteiger partial charge is 0.435 e. The van der Waals surface area contributed by atoms with E-state index in [-0.39, 0.29) is 12.3 Å². The van der Waals surface area contributed by atoms with Crippen molar-refractivity contribution in [2.45, 2.75) is 25.6 Å². The van der Waals surface area contributed by atoms with Gasteiger partial charge in [-0.15, -0.1) is 0 Å². The van der Waals surface area contributed by atoms with Crippen molar-refractivity contribution in [1.82, 2.24) is 15.5 Å². The van der Waals surface area contributed by atoms with Crippen LogP contribution in [-0.2, 0) is 21.7 Å². The van der Waals surface area contributed by atoms with Crippen LogP contribution >= 0.6 is 15.9 Å². The van der Waals surface area contributed by atoms with E-state index < -0.39 is 36.5 Å². The van der Waals surface area contributed by atoms with Crippen molar-refractivity contribution in [3.05, 3.63) is 64.1 Å². The van der Waals surface area contributed by atoms with Gasteiger partial charge in [0.25, 0.3) is 5.91 Å². The van der Waals surface area contributed by atoms with Crippen LogP contribution in [0.3, 0.4) is 0 Å². The number of halogens is 3. The zero-order chi connectivity index (χ0) is 21.9. The van der Waals surface area contributed by atoms with Crippen LogP contribution in [0.1, 0.15) is 18.1 Å². The number of nitrogens with zero attached hydrogens (tertiary/aromatic N) is 1. The monoisotopic (exact) mass is 481 g/mol. The second kappa shape index (κ2) is 8.78. The second-order valence-electron chi connectivity index (χ2n) is 6.73. The Kier molecular flexibility index (Phi) is 6.35. The normalized spacial score (nSPS) is 18.5. The van der Waals surface area contributed by atoms with Gasteiger partial charge in [0.15, 0.2) is 0 Å². The predicted molar refractivity (Wildman–Crippen MR) is 107 cm³/mol. The third-order valence-corrected chi connectivity index (χ3v) is 5.32. The molecule has 4 amide bonds. The molecule has 3 rings (SSSR count). The lowest BCUT2D eigenvalue weighted by atomic mass is 9.92. The van der Waals surface area contributed by atoms with Gasteiger partial charge in [-0.2, -0.15) is 8.78 Å². The topological polar surface area (TPSA) is 87.7 Å². The van der Waals surface area contributed by atoms with Crippen molar-refractivity contribution in [1.29, 1.82) is 0 Å². The van der Waals surface area contributed by atoms with E-state index in [0.29, 0.717) is 15.6 Å². The summed E-state index contributed by atoms with van der Waals surface area (Å²) in [6.45, 7) is -1.69. The van der Waals surface area contributed by atoms with Gasteiger partial charge >= 0.3 is 12.6 Å². The molecule has 0 spiro atoms. The van der Waals surface area contributed by atoms with E-state index in [4.69, 9.17) is 0 Å². The van der Waals surface area contributed by atoms with Crippen LogP contribution in [0.4, 0.5) is 13.6 Å². The number of benzene rings is 2. The van der Waals surface area contributed by atoms with Crippen molar-refractivity contribution in [2.75, 3.05) is 6.54 Å². The molecule has 1 unspecified atom stereocenters. The zero-order valence-corrected chi connectivity index (χ0v) is 17.4. The first-order chi connectivity index (χ1) is 14.2. The van der Waals surface area contributed by atoms with Gasteiger partial charge in [-0.05, 0) is 30.7 Å².